The monoisotopic (exact) mass is 470 g/mol. The molecule has 0 saturated heterocycles. The van der Waals surface area contributed by atoms with E-state index in [0.29, 0.717) is 16.7 Å². The third kappa shape index (κ3) is 5.66. The van der Waals surface area contributed by atoms with E-state index in [4.69, 9.17) is 4.74 Å². The Morgan fingerprint density at radius 2 is 1.23 bits per heavy atom. The van der Waals surface area contributed by atoms with Gasteiger partial charge in [0.25, 0.3) is 5.91 Å². The van der Waals surface area contributed by atoms with Crippen molar-refractivity contribution in [2.75, 3.05) is 6.61 Å². The fourth-order valence-corrected chi connectivity index (χ4v) is 4.06. The van der Waals surface area contributed by atoms with Crippen LogP contribution >= 0.6 is 0 Å². The van der Waals surface area contributed by atoms with Crippen molar-refractivity contribution in [3.63, 3.8) is 0 Å². The van der Waals surface area contributed by atoms with Gasteiger partial charge in [-0.2, -0.15) is 0 Å². The molecule has 0 bridgehead atoms. The molecule has 0 radical (unpaired) electrons. The number of carbonyl (C=O) groups is 3. The van der Waals surface area contributed by atoms with Gasteiger partial charge in [0, 0.05) is 18.2 Å². The second-order valence-corrected chi connectivity index (χ2v) is 8.17. The van der Waals surface area contributed by atoms with Gasteiger partial charge in [-0.05, 0) is 37.5 Å². The van der Waals surface area contributed by atoms with Crippen molar-refractivity contribution in [3.8, 4) is 0 Å². The summed E-state index contributed by atoms with van der Waals surface area (Å²) in [5.74, 6) is -1.32. The van der Waals surface area contributed by atoms with Gasteiger partial charge in [0.1, 0.15) is 5.54 Å². The zero-order valence-corrected chi connectivity index (χ0v) is 20.2. The van der Waals surface area contributed by atoms with Gasteiger partial charge < -0.3 is 10.1 Å². The van der Waals surface area contributed by atoms with Crippen molar-refractivity contribution >= 4 is 17.9 Å². The van der Waals surface area contributed by atoms with Gasteiger partial charge in [-0.25, -0.2) is 14.5 Å². The summed E-state index contributed by atoms with van der Waals surface area (Å²) in [6, 6.07) is 27.4. The molecule has 0 aliphatic carbocycles. The number of hydrogen-bond donors (Lipinski definition) is 1. The molecule has 0 spiro atoms. The first-order valence-electron chi connectivity index (χ1n) is 11.6. The number of nitrogens with one attached hydrogen (secondary N) is 1. The van der Waals surface area contributed by atoms with Gasteiger partial charge in [0.2, 0.25) is 0 Å². The second kappa shape index (κ2) is 11.8. The van der Waals surface area contributed by atoms with E-state index in [1.165, 1.54) is 4.90 Å². The molecule has 6 heteroatoms. The summed E-state index contributed by atoms with van der Waals surface area (Å²) in [6.07, 6.45) is 2.13. The molecule has 6 nitrogen and oxygen atoms in total. The highest BCUT2D eigenvalue weighted by Crippen LogP contribution is 2.42. The van der Waals surface area contributed by atoms with Gasteiger partial charge in [0.15, 0.2) is 0 Å². The molecule has 3 aromatic rings. The van der Waals surface area contributed by atoms with Crippen LogP contribution in [-0.4, -0.2) is 35.5 Å². The Kier molecular flexibility index (Phi) is 8.57. The summed E-state index contributed by atoms with van der Waals surface area (Å²) < 4.78 is 4.94. The Hall–Kier alpha value is -4.19. The third-order valence-corrected chi connectivity index (χ3v) is 5.39. The van der Waals surface area contributed by atoms with Crippen molar-refractivity contribution in [1.29, 1.82) is 0 Å². The lowest BCUT2D eigenvalue weighted by Gasteiger charge is -2.44. The number of urea groups is 1. The SMILES string of the molecule is CCOC(=O)/C=C/C(=O)N(C(=O)NC(C)C)C(c1ccccc1)(c1ccccc1)c1ccccc1. The second-order valence-electron chi connectivity index (χ2n) is 8.17. The Balaban J connectivity index is 2.36. The lowest BCUT2D eigenvalue weighted by atomic mass is 9.75. The Bertz CT molecular complexity index is 1060. The van der Waals surface area contributed by atoms with Gasteiger partial charge in [-0.1, -0.05) is 91.0 Å². The van der Waals surface area contributed by atoms with Gasteiger partial charge in [-0.15, -0.1) is 0 Å². The molecule has 180 valence electrons. The van der Waals surface area contributed by atoms with Crippen molar-refractivity contribution < 1.29 is 19.1 Å². The molecule has 0 fully saturated rings. The lowest BCUT2D eigenvalue weighted by molar-refractivity contribution is -0.137. The summed E-state index contributed by atoms with van der Waals surface area (Å²) in [6.45, 7) is 5.51. The summed E-state index contributed by atoms with van der Waals surface area (Å²) >= 11 is 0. The minimum atomic E-state index is -1.32. The maximum Gasteiger partial charge on any atom is 0.330 e. The maximum atomic E-state index is 13.8. The minimum Gasteiger partial charge on any atom is -0.463 e. The van der Waals surface area contributed by atoms with Crippen molar-refractivity contribution in [2.24, 2.45) is 0 Å². The molecular weight excluding hydrogens is 440 g/mol. The molecule has 3 aromatic carbocycles. The van der Waals surface area contributed by atoms with E-state index in [0.717, 1.165) is 12.2 Å². The number of nitrogens with zero attached hydrogens (tertiary/aromatic N) is 1. The van der Waals surface area contributed by atoms with E-state index < -0.39 is 23.4 Å². The van der Waals surface area contributed by atoms with Crippen LogP contribution in [0.25, 0.3) is 0 Å². The average Bonchev–Trinajstić information content (AvgIpc) is 2.87. The first-order chi connectivity index (χ1) is 16.9. The molecule has 0 saturated carbocycles. The van der Waals surface area contributed by atoms with Gasteiger partial charge in [0.05, 0.1) is 6.61 Å². The van der Waals surface area contributed by atoms with Crippen LogP contribution in [0.3, 0.4) is 0 Å². The third-order valence-electron chi connectivity index (χ3n) is 5.39. The van der Waals surface area contributed by atoms with E-state index in [-0.39, 0.29) is 12.6 Å². The summed E-state index contributed by atoms with van der Waals surface area (Å²) in [7, 11) is 0. The molecule has 0 aromatic heterocycles. The fraction of sp³-hybridized carbons (Fsp3) is 0.207. The molecule has 35 heavy (non-hydrogen) atoms. The Morgan fingerprint density at radius 1 is 0.800 bits per heavy atom. The van der Waals surface area contributed by atoms with Crippen molar-refractivity contribution in [1.82, 2.24) is 10.2 Å². The van der Waals surface area contributed by atoms with Crippen LogP contribution in [0.1, 0.15) is 37.5 Å². The quantitative estimate of drug-likeness (QED) is 0.284. The van der Waals surface area contributed by atoms with Crippen LogP contribution < -0.4 is 5.32 Å². The summed E-state index contributed by atoms with van der Waals surface area (Å²) in [5, 5.41) is 2.87. The van der Waals surface area contributed by atoms with E-state index in [1.807, 2.05) is 105 Å². The number of esters is 1. The molecule has 3 amide bonds. The van der Waals surface area contributed by atoms with E-state index in [9.17, 15) is 14.4 Å². The van der Waals surface area contributed by atoms with Crippen LogP contribution in [0.4, 0.5) is 4.79 Å². The standard InChI is InChI=1S/C29H30N2O4/c1-4-35-27(33)21-20-26(32)31(28(34)30-22(2)3)29(23-14-8-5-9-15-23,24-16-10-6-11-17-24)25-18-12-7-13-19-25/h5-22H,4H2,1-3H3,(H,30,34)/b21-20+. The highest BCUT2D eigenvalue weighted by Gasteiger charge is 2.47. The molecule has 0 unspecified atom stereocenters. The molecule has 0 heterocycles. The summed E-state index contributed by atoms with van der Waals surface area (Å²) in [4.78, 5) is 40.8. The number of hydrogen-bond acceptors (Lipinski definition) is 4. The van der Waals surface area contributed by atoms with E-state index in [1.54, 1.807) is 6.92 Å². The normalized spacial score (nSPS) is 11.3. The first kappa shape index (κ1) is 25.4. The zero-order valence-electron chi connectivity index (χ0n) is 20.2. The van der Waals surface area contributed by atoms with Crippen molar-refractivity contribution in [2.45, 2.75) is 32.4 Å². The molecule has 1 N–H and O–H groups in total. The number of amides is 3. The fourth-order valence-electron chi connectivity index (χ4n) is 4.06. The van der Waals surface area contributed by atoms with Gasteiger partial charge >= 0.3 is 12.0 Å². The van der Waals surface area contributed by atoms with Crippen LogP contribution in [0, 0.1) is 0 Å². The van der Waals surface area contributed by atoms with Crippen LogP contribution in [0.15, 0.2) is 103 Å². The number of ether oxygens (including phenoxy) is 1. The molecular formula is C29H30N2O4. The van der Waals surface area contributed by atoms with E-state index >= 15 is 0 Å². The predicted octanol–water partition coefficient (Wildman–Crippen LogP) is 5.04. The average molecular weight is 471 g/mol. The number of rotatable bonds is 8. The maximum absolute atomic E-state index is 13.8. The molecule has 0 aliphatic heterocycles. The number of benzene rings is 3. The number of carbonyl (C=O) groups excluding carboxylic acids is 3. The first-order valence-corrected chi connectivity index (χ1v) is 11.6. The Labute approximate surface area is 206 Å². The highest BCUT2D eigenvalue weighted by molar-refractivity contribution is 6.04. The van der Waals surface area contributed by atoms with Crippen LogP contribution in [0.5, 0.6) is 0 Å². The lowest BCUT2D eigenvalue weighted by Crippen LogP contribution is -2.57. The summed E-state index contributed by atoms with van der Waals surface area (Å²) in [5.41, 5.74) is 0.830. The minimum absolute atomic E-state index is 0.177. The smallest absolute Gasteiger partial charge is 0.330 e. The molecule has 3 rings (SSSR count). The molecule has 0 aliphatic rings. The van der Waals surface area contributed by atoms with Crippen LogP contribution in [0.2, 0.25) is 0 Å². The predicted molar refractivity (Wildman–Crippen MR) is 135 cm³/mol. The molecule has 0 atom stereocenters. The highest BCUT2D eigenvalue weighted by atomic mass is 16.5. The number of imide groups is 1. The van der Waals surface area contributed by atoms with E-state index in [2.05, 4.69) is 5.32 Å². The van der Waals surface area contributed by atoms with Gasteiger partial charge in [-0.3, -0.25) is 4.79 Å². The Morgan fingerprint density at radius 3 is 1.60 bits per heavy atom. The van der Waals surface area contributed by atoms with Crippen molar-refractivity contribution in [3.05, 3.63) is 120 Å². The van der Waals surface area contributed by atoms with Crippen LogP contribution in [-0.2, 0) is 19.9 Å². The largest absolute Gasteiger partial charge is 0.463 e. The topological polar surface area (TPSA) is 75.7 Å². The zero-order chi connectivity index (χ0) is 25.3.